The van der Waals surface area contributed by atoms with Crippen molar-refractivity contribution < 1.29 is 4.74 Å². The van der Waals surface area contributed by atoms with E-state index in [4.69, 9.17) is 4.74 Å². The standard InChI is InChI=1S/C19H23NO/c1-15-14-20-11-9-17-7-8-18(13-19(15)17)21-12-10-16-5-3-2-4-6-16/h2-8,13,15,20H,9-12,14H2,1H3. The first-order chi connectivity index (χ1) is 10.3. The van der Waals surface area contributed by atoms with E-state index in [-0.39, 0.29) is 0 Å². The number of nitrogens with one attached hydrogen (secondary N) is 1. The van der Waals surface area contributed by atoms with Gasteiger partial charge in [0.15, 0.2) is 0 Å². The monoisotopic (exact) mass is 281 g/mol. The molecule has 1 atom stereocenters. The van der Waals surface area contributed by atoms with Gasteiger partial charge in [-0.2, -0.15) is 0 Å². The van der Waals surface area contributed by atoms with Crippen LogP contribution in [0.4, 0.5) is 0 Å². The van der Waals surface area contributed by atoms with E-state index < -0.39 is 0 Å². The lowest BCUT2D eigenvalue weighted by molar-refractivity contribution is 0.321. The van der Waals surface area contributed by atoms with Crippen LogP contribution in [0.3, 0.4) is 0 Å². The Kier molecular flexibility index (Phi) is 4.56. The fourth-order valence-electron chi connectivity index (χ4n) is 2.93. The van der Waals surface area contributed by atoms with E-state index in [1.54, 1.807) is 0 Å². The fourth-order valence-corrected chi connectivity index (χ4v) is 2.93. The van der Waals surface area contributed by atoms with E-state index in [0.29, 0.717) is 5.92 Å². The molecule has 1 heterocycles. The lowest BCUT2D eigenvalue weighted by Crippen LogP contribution is -2.18. The maximum absolute atomic E-state index is 5.94. The molecule has 2 aromatic rings. The molecule has 110 valence electrons. The number of rotatable bonds is 4. The van der Waals surface area contributed by atoms with Gasteiger partial charge < -0.3 is 10.1 Å². The molecule has 0 aliphatic carbocycles. The van der Waals surface area contributed by atoms with Crippen LogP contribution in [0.1, 0.15) is 29.5 Å². The highest BCUT2D eigenvalue weighted by Crippen LogP contribution is 2.26. The van der Waals surface area contributed by atoms with Gasteiger partial charge in [0.25, 0.3) is 0 Å². The molecule has 0 radical (unpaired) electrons. The Hall–Kier alpha value is -1.80. The van der Waals surface area contributed by atoms with E-state index in [2.05, 4.69) is 54.7 Å². The SMILES string of the molecule is CC1CNCCc2ccc(OCCc3ccccc3)cc21. The predicted octanol–water partition coefficient (Wildman–Crippen LogP) is 3.56. The molecule has 3 rings (SSSR count). The second kappa shape index (κ2) is 6.77. The minimum Gasteiger partial charge on any atom is -0.493 e. The number of benzene rings is 2. The Bertz CT molecular complexity index is 579. The summed E-state index contributed by atoms with van der Waals surface area (Å²) in [5.41, 5.74) is 4.23. The number of hydrogen-bond donors (Lipinski definition) is 1. The maximum Gasteiger partial charge on any atom is 0.119 e. The summed E-state index contributed by atoms with van der Waals surface area (Å²) < 4.78 is 5.94. The minimum atomic E-state index is 0.556. The average molecular weight is 281 g/mol. The molecule has 1 aliphatic heterocycles. The van der Waals surface area contributed by atoms with E-state index in [9.17, 15) is 0 Å². The van der Waals surface area contributed by atoms with E-state index >= 15 is 0 Å². The highest BCUT2D eigenvalue weighted by Gasteiger charge is 2.15. The lowest BCUT2D eigenvalue weighted by Gasteiger charge is -2.14. The summed E-state index contributed by atoms with van der Waals surface area (Å²) in [6.45, 7) is 5.15. The Morgan fingerprint density at radius 1 is 1.14 bits per heavy atom. The summed E-state index contributed by atoms with van der Waals surface area (Å²) in [6, 6.07) is 17.1. The molecule has 0 amide bonds. The van der Waals surface area contributed by atoms with Crippen molar-refractivity contribution in [1.29, 1.82) is 0 Å². The van der Waals surface area contributed by atoms with Crippen molar-refractivity contribution in [2.45, 2.75) is 25.7 Å². The molecule has 0 fully saturated rings. The zero-order valence-corrected chi connectivity index (χ0v) is 12.6. The van der Waals surface area contributed by atoms with Crippen LogP contribution in [-0.2, 0) is 12.8 Å². The van der Waals surface area contributed by atoms with Gasteiger partial charge >= 0.3 is 0 Å². The first-order valence-corrected chi connectivity index (χ1v) is 7.83. The van der Waals surface area contributed by atoms with Gasteiger partial charge in [-0.3, -0.25) is 0 Å². The van der Waals surface area contributed by atoms with Crippen LogP contribution in [0.15, 0.2) is 48.5 Å². The van der Waals surface area contributed by atoms with Gasteiger partial charge in [0.1, 0.15) is 5.75 Å². The Labute approximate surface area is 127 Å². The molecule has 2 aromatic carbocycles. The van der Waals surface area contributed by atoms with Gasteiger partial charge in [-0.25, -0.2) is 0 Å². The zero-order valence-electron chi connectivity index (χ0n) is 12.6. The van der Waals surface area contributed by atoms with E-state index in [0.717, 1.165) is 38.3 Å². The van der Waals surface area contributed by atoms with Gasteiger partial charge in [0.2, 0.25) is 0 Å². The lowest BCUT2D eigenvalue weighted by atomic mass is 9.95. The Morgan fingerprint density at radius 3 is 2.86 bits per heavy atom. The maximum atomic E-state index is 5.94. The fraction of sp³-hybridized carbons (Fsp3) is 0.368. The van der Waals surface area contributed by atoms with E-state index in [1.165, 1.54) is 16.7 Å². The second-order valence-electron chi connectivity index (χ2n) is 5.80. The van der Waals surface area contributed by atoms with Crippen LogP contribution in [0.5, 0.6) is 5.75 Å². The first kappa shape index (κ1) is 14.2. The van der Waals surface area contributed by atoms with Crippen LogP contribution >= 0.6 is 0 Å². The van der Waals surface area contributed by atoms with Gasteiger partial charge in [-0.05, 0) is 47.7 Å². The summed E-state index contributed by atoms with van der Waals surface area (Å²) in [5, 5.41) is 3.49. The van der Waals surface area contributed by atoms with Gasteiger partial charge in [0.05, 0.1) is 6.61 Å². The summed E-state index contributed by atoms with van der Waals surface area (Å²) >= 11 is 0. The molecule has 2 heteroatoms. The van der Waals surface area contributed by atoms with Crippen LogP contribution in [0, 0.1) is 0 Å². The number of hydrogen-bond acceptors (Lipinski definition) is 2. The highest BCUT2D eigenvalue weighted by molar-refractivity contribution is 5.39. The summed E-state index contributed by atoms with van der Waals surface area (Å²) in [4.78, 5) is 0. The molecule has 0 bridgehead atoms. The van der Waals surface area contributed by atoms with Crippen LogP contribution in [-0.4, -0.2) is 19.7 Å². The average Bonchev–Trinajstić information content (AvgIpc) is 2.70. The van der Waals surface area contributed by atoms with Crippen molar-refractivity contribution >= 4 is 0 Å². The molecular formula is C19H23NO. The molecule has 1 unspecified atom stereocenters. The van der Waals surface area contributed by atoms with E-state index in [1.807, 2.05) is 6.07 Å². The van der Waals surface area contributed by atoms with Crippen molar-refractivity contribution in [3.63, 3.8) is 0 Å². The topological polar surface area (TPSA) is 21.3 Å². The number of ether oxygens (including phenoxy) is 1. The minimum absolute atomic E-state index is 0.556. The largest absolute Gasteiger partial charge is 0.493 e. The Balaban J connectivity index is 1.64. The first-order valence-electron chi connectivity index (χ1n) is 7.83. The van der Waals surface area contributed by atoms with Crippen molar-refractivity contribution in [3.05, 3.63) is 65.2 Å². The predicted molar refractivity (Wildman–Crippen MR) is 87.1 cm³/mol. The smallest absolute Gasteiger partial charge is 0.119 e. The third-order valence-electron chi connectivity index (χ3n) is 4.17. The molecule has 0 aromatic heterocycles. The molecule has 0 saturated carbocycles. The molecule has 1 N–H and O–H groups in total. The third-order valence-corrected chi connectivity index (χ3v) is 4.17. The normalized spacial score (nSPS) is 17.9. The van der Waals surface area contributed by atoms with Crippen molar-refractivity contribution in [1.82, 2.24) is 5.32 Å². The van der Waals surface area contributed by atoms with Crippen LogP contribution in [0.25, 0.3) is 0 Å². The molecule has 1 aliphatic rings. The van der Waals surface area contributed by atoms with Crippen molar-refractivity contribution in [3.8, 4) is 5.75 Å². The zero-order chi connectivity index (χ0) is 14.5. The van der Waals surface area contributed by atoms with Crippen LogP contribution < -0.4 is 10.1 Å². The van der Waals surface area contributed by atoms with Gasteiger partial charge in [0, 0.05) is 13.0 Å². The molecule has 0 saturated heterocycles. The van der Waals surface area contributed by atoms with Crippen LogP contribution in [0.2, 0.25) is 0 Å². The molecule has 0 spiro atoms. The molecular weight excluding hydrogens is 258 g/mol. The van der Waals surface area contributed by atoms with Crippen molar-refractivity contribution in [2.75, 3.05) is 19.7 Å². The second-order valence-corrected chi connectivity index (χ2v) is 5.80. The molecule has 2 nitrogen and oxygen atoms in total. The summed E-state index contributed by atoms with van der Waals surface area (Å²) in [6.07, 6.45) is 2.07. The van der Waals surface area contributed by atoms with Gasteiger partial charge in [-0.1, -0.05) is 43.3 Å². The van der Waals surface area contributed by atoms with Gasteiger partial charge in [-0.15, -0.1) is 0 Å². The summed E-state index contributed by atoms with van der Waals surface area (Å²) in [5.74, 6) is 1.55. The Morgan fingerprint density at radius 2 is 2.00 bits per heavy atom. The summed E-state index contributed by atoms with van der Waals surface area (Å²) in [7, 11) is 0. The molecule has 21 heavy (non-hydrogen) atoms. The third kappa shape index (κ3) is 3.64. The number of fused-ring (bicyclic) bond motifs is 1. The van der Waals surface area contributed by atoms with Crippen molar-refractivity contribution in [2.24, 2.45) is 0 Å². The quantitative estimate of drug-likeness (QED) is 0.925. The highest BCUT2D eigenvalue weighted by atomic mass is 16.5.